The van der Waals surface area contributed by atoms with E-state index in [4.69, 9.17) is 20.8 Å². The number of sulfonamides is 1. The average molecular weight is 460 g/mol. The number of hydrogen-bond donors (Lipinski definition) is 2. The largest absolute Gasteiger partial charge is 0.495 e. The van der Waals surface area contributed by atoms with Gasteiger partial charge in [-0.3, -0.25) is 0 Å². The molecule has 0 bridgehead atoms. The number of hydrogen-bond acceptors (Lipinski definition) is 6. The highest BCUT2D eigenvalue weighted by Gasteiger charge is 2.34. The van der Waals surface area contributed by atoms with Crippen LogP contribution in [0.15, 0.2) is 50.5 Å². The summed E-state index contributed by atoms with van der Waals surface area (Å²) in [6, 6.07) is 6.00. The number of aromatic nitrogens is 2. The van der Waals surface area contributed by atoms with Crippen molar-refractivity contribution in [1.82, 2.24) is 14.9 Å². The Kier molecular flexibility index (Phi) is 6.25. The van der Waals surface area contributed by atoms with Crippen molar-refractivity contribution in [2.24, 2.45) is 0 Å². The van der Waals surface area contributed by atoms with Gasteiger partial charge in [0.1, 0.15) is 16.7 Å². The van der Waals surface area contributed by atoms with Crippen molar-refractivity contribution < 1.29 is 26.4 Å². The van der Waals surface area contributed by atoms with Crippen LogP contribution in [0.1, 0.15) is 30.3 Å². The Bertz CT molecular complexity index is 1230. The SMILES string of the molecule is COc1cc(Cl)ccc1S(=O)(=O)NC(c1n[nH]c(=O)o1)C(C)c1cccc(F)c1F. The standard InChI is InChI=1S/C18H16ClF2N3O5S/c1-9(11-4-3-5-12(20)15(11)21)16(17-22-23-18(25)29-17)24-30(26,27)14-7-6-10(19)8-13(14)28-2/h3-9,16,24H,1-2H3,(H,23,25). The third-order valence-corrected chi connectivity index (χ3v) is 6.11. The number of nitrogens with one attached hydrogen (secondary N) is 2. The molecule has 2 N–H and O–H groups in total. The quantitative estimate of drug-likeness (QED) is 0.561. The highest BCUT2D eigenvalue weighted by Crippen LogP contribution is 2.34. The Morgan fingerprint density at radius 3 is 2.63 bits per heavy atom. The summed E-state index contributed by atoms with van der Waals surface area (Å²) in [5, 5.41) is 5.92. The van der Waals surface area contributed by atoms with E-state index in [2.05, 4.69) is 9.82 Å². The van der Waals surface area contributed by atoms with Crippen molar-refractivity contribution in [3.05, 3.63) is 75.1 Å². The topological polar surface area (TPSA) is 114 Å². The Balaban J connectivity index is 2.08. The molecule has 1 heterocycles. The van der Waals surface area contributed by atoms with E-state index in [0.29, 0.717) is 0 Å². The zero-order valence-electron chi connectivity index (χ0n) is 15.6. The van der Waals surface area contributed by atoms with E-state index in [1.54, 1.807) is 0 Å². The van der Waals surface area contributed by atoms with Crippen LogP contribution in [0, 0.1) is 11.6 Å². The molecule has 3 rings (SSSR count). The summed E-state index contributed by atoms with van der Waals surface area (Å²) in [5.41, 5.74) is -0.142. The molecule has 12 heteroatoms. The minimum Gasteiger partial charge on any atom is -0.495 e. The van der Waals surface area contributed by atoms with Gasteiger partial charge in [0.15, 0.2) is 11.6 Å². The van der Waals surface area contributed by atoms with E-state index in [-0.39, 0.29) is 27.1 Å². The molecule has 0 radical (unpaired) electrons. The second kappa shape index (κ2) is 8.54. The first-order valence-electron chi connectivity index (χ1n) is 8.49. The van der Waals surface area contributed by atoms with Gasteiger partial charge in [-0.2, -0.15) is 4.72 Å². The molecule has 1 aromatic heterocycles. The lowest BCUT2D eigenvalue weighted by Crippen LogP contribution is -2.33. The van der Waals surface area contributed by atoms with Crippen molar-refractivity contribution in [2.45, 2.75) is 23.8 Å². The fourth-order valence-corrected chi connectivity index (χ4v) is 4.47. The van der Waals surface area contributed by atoms with Gasteiger partial charge in [0.25, 0.3) is 0 Å². The summed E-state index contributed by atoms with van der Waals surface area (Å²) in [6.07, 6.45) is 0. The van der Waals surface area contributed by atoms with Crippen LogP contribution in [-0.4, -0.2) is 25.7 Å². The smallest absolute Gasteiger partial charge is 0.434 e. The predicted molar refractivity (Wildman–Crippen MR) is 103 cm³/mol. The molecule has 0 aliphatic rings. The molecule has 0 aliphatic heterocycles. The fraction of sp³-hybridized carbons (Fsp3) is 0.222. The summed E-state index contributed by atoms with van der Waals surface area (Å²) < 4.78 is 66.4. The van der Waals surface area contributed by atoms with E-state index in [9.17, 15) is 22.0 Å². The van der Waals surface area contributed by atoms with Crippen LogP contribution in [-0.2, 0) is 10.0 Å². The van der Waals surface area contributed by atoms with E-state index in [1.807, 2.05) is 5.10 Å². The van der Waals surface area contributed by atoms with Crippen molar-refractivity contribution in [3.63, 3.8) is 0 Å². The lowest BCUT2D eigenvalue weighted by Gasteiger charge is -2.23. The molecule has 0 amide bonds. The lowest BCUT2D eigenvalue weighted by atomic mass is 9.93. The molecular formula is C18H16ClF2N3O5S. The molecule has 2 unspecified atom stereocenters. The van der Waals surface area contributed by atoms with E-state index in [0.717, 1.165) is 6.07 Å². The monoisotopic (exact) mass is 459 g/mol. The summed E-state index contributed by atoms with van der Waals surface area (Å²) >= 11 is 5.88. The first-order valence-corrected chi connectivity index (χ1v) is 10.4. The minimum atomic E-state index is -4.30. The fourth-order valence-electron chi connectivity index (χ4n) is 2.89. The Morgan fingerprint density at radius 2 is 2.00 bits per heavy atom. The third kappa shape index (κ3) is 4.37. The zero-order valence-corrected chi connectivity index (χ0v) is 17.2. The normalized spacial score (nSPS) is 13.8. The molecule has 3 aromatic rings. The molecule has 0 aliphatic carbocycles. The Labute approximate surface area is 174 Å². The minimum absolute atomic E-state index is 0.0400. The summed E-state index contributed by atoms with van der Waals surface area (Å²) in [4.78, 5) is 11.2. The Hall–Kier alpha value is -2.76. The first-order chi connectivity index (χ1) is 14.1. The maximum Gasteiger partial charge on any atom is 0.434 e. The highest BCUT2D eigenvalue weighted by molar-refractivity contribution is 7.89. The highest BCUT2D eigenvalue weighted by atomic mass is 35.5. The third-order valence-electron chi connectivity index (χ3n) is 4.39. The van der Waals surface area contributed by atoms with Crippen molar-refractivity contribution >= 4 is 21.6 Å². The van der Waals surface area contributed by atoms with Crippen LogP contribution in [0.5, 0.6) is 5.75 Å². The van der Waals surface area contributed by atoms with E-state index in [1.165, 1.54) is 44.4 Å². The number of halogens is 3. The van der Waals surface area contributed by atoms with Gasteiger partial charge in [0.05, 0.1) is 7.11 Å². The predicted octanol–water partition coefficient (Wildman–Crippen LogP) is 3.13. The second-order valence-corrected chi connectivity index (χ2v) is 8.40. The summed E-state index contributed by atoms with van der Waals surface area (Å²) in [5.74, 6) is -4.61. The summed E-state index contributed by atoms with van der Waals surface area (Å²) in [6.45, 7) is 1.43. The van der Waals surface area contributed by atoms with Crippen LogP contribution in [0.4, 0.5) is 8.78 Å². The number of benzene rings is 2. The number of nitrogens with zero attached hydrogens (tertiary/aromatic N) is 1. The lowest BCUT2D eigenvalue weighted by molar-refractivity contribution is 0.372. The molecule has 0 saturated carbocycles. The van der Waals surface area contributed by atoms with Gasteiger partial charge in [-0.15, -0.1) is 5.10 Å². The van der Waals surface area contributed by atoms with Gasteiger partial charge in [0.2, 0.25) is 15.9 Å². The maximum atomic E-state index is 14.3. The van der Waals surface area contributed by atoms with E-state index < -0.39 is 39.4 Å². The number of aromatic amines is 1. The van der Waals surface area contributed by atoms with Gasteiger partial charge in [0, 0.05) is 17.0 Å². The van der Waals surface area contributed by atoms with Crippen molar-refractivity contribution in [1.29, 1.82) is 0 Å². The van der Waals surface area contributed by atoms with Gasteiger partial charge >= 0.3 is 5.76 Å². The molecule has 0 saturated heterocycles. The maximum absolute atomic E-state index is 14.3. The van der Waals surface area contributed by atoms with Crippen LogP contribution < -0.4 is 15.2 Å². The number of rotatable bonds is 7. The molecule has 0 fully saturated rings. The van der Waals surface area contributed by atoms with Gasteiger partial charge in [-0.05, 0) is 23.8 Å². The molecule has 2 aromatic carbocycles. The number of methoxy groups -OCH3 is 1. The average Bonchev–Trinajstić information content (AvgIpc) is 3.13. The molecule has 0 spiro atoms. The van der Waals surface area contributed by atoms with Crippen LogP contribution in [0.2, 0.25) is 5.02 Å². The molecule has 30 heavy (non-hydrogen) atoms. The molecule has 2 atom stereocenters. The van der Waals surface area contributed by atoms with Gasteiger partial charge in [-0.25, -0.2) is 27.1 Å². The van der Waals surface area contributed by atoms with Crippen LogP contribution in [0.3, 0.4) is 0 Å². The molecule has 8 nitrogen and oxygen atoms in total. The van der Waals surface area contributed by atoms with Crippen molar-refractivity contribution in [3.8, 4) is 5.75 Å². The van der Waals surface area contributed by atoms with Crippen molar-refractivity contribution in [2.75, 3.05) is 7.11 Å². The molecular weight excluding hydrogens is 444 g/mol. The first kappa shape index (κ1) is 21.9. The second-order valence-electron chi connectivity index (χ2n) is 6.28. The zero-order chi connectivity index (χ0) is 22.1. The number of ether oxygens (including phenoxy) is 1. The van der Waals surface area contributed by atoms with Gasteiger partial charge in [-0.1, -0.05) is 30.7 Å². The van der Waals surface area contributed by atoms with E-state index >= 15 is 0 Å². The number of H-pyrrole nitrogens is 1. The van der Waals surface area contributed by atoms with Crippen LogP contribution in [0.25, 0.3) is 0 Å². The van der Waals surface area contributed by atoms with Crippen LogP contribution >= 0.6 is 11.6 Å². The Morgan fingerprint density at radius 1 is 1.27 bits per heavy atom. The molecule has 160 valence electrons. The van der Waals surface area contributed by atoms with Gasteiger partial charge < -0.3 is 9.15 Å². The summed E-state index contributed by atoms with van der Waals surface area (Å²) in [7, 11) is -3.04.